The molecule has 21 heavy (non-hydrogen) atoms. The summed E-state index contributed by atoms with van der Waals surface area (Å²) in [6.45, 7) is 1.92. The van der Waals surface area contributed by atoms with E-state index in [4.69, 9.17) is 5.73 Å². The third-order valence-corrected chi connectivity index (χ3v) is 3.93. The van der Waals surface area contributed by atoms with E-state index in [0.717, 1.165) is 11.3 Å². The molecule has 2 heterocycles. The molecule has 1 unspecified atom stereocenters. The van der Waals surface area contributed by atoms with Crippen LogP contribution in [0.5, 0.6) is 0 Å². The summed E-state index contributed by atoms with van der Waals surface area (Å²) in [5.41, 5.74) is 7.20. The van der Waals surface area contributed by atoms with Gasteiger partial charge in [0, 0.05) is 29.4 Å². The number of nitrogens with zero attached hydrogens (tertiary/aromatic N) is 1. The number of hydrogen-bond donors (Lipinski definition) is 2. The Kier molecular flexibility index (Phi) is 2.97. The van der Waals surface area contributed by atoms with Crippen LogP contribution < -0.4 is 11.1 Å². The van der Waals surface area contributed by atoms with E-state index in [1.165, 1.54) is 0 Å². The van der Waals surface area contributed by atoms with Crippen LogP contribution in [0.15, 0.2) is 42.6 Å². The third kappa shape index (κ3) is 1.98. The number of primary amides is 1. The van der Waals surface area contributed by atoms with Crippen molar-refractivity contribution in [1.82, 2.24) is 10.3 Å². The average Bonchev–Trinajstić information content (AvgIpc) is 2.76. The van der Waals surface area contributed by atoms with Gasteiger partial charge in [0.25, 0.3) is 5.91 Å². The van der Waals surface area contributed by atoms with Crippen molar-refractivity contribution < 1.29 is 9.59 Å². The molecule has 3 N–H and O–H groups in total. The van der Waals surface area contributed by atoms with Gasteiger partial charge in [-0.25, -0.2) is 0 Å². The quantitative estimate of drug-likeness (QED) is 0.882. The molecule has 1 aromatic carbocycles. The van der Waals surface area contributed by atoms with Gasteiger partial charge in [-0.3, -0.25) is 14.6 Å². The van der Waals surface area contributed by atoms with Crippen molar-refractivity contribution >= 4 is 11.8 Å². The van der Waals surface area contributed by atoms with Crippen LogP contribution >= 0.6 is 0 Å². The van der Waals surface area contributed by atoms with Crippen molar-refractivity contribution in [2.45, 2.75) is 18.9 Å². The molecule has 5 heteroatoms. The van der Waals surface area contributed by atoms with E-state index in [1.807, 2.05) is 19.1 Å². The smallest absolute Gasteiger partial charge is 0.252 e. The zero-order chi connectivity index (χ0) is 15.0. The van der Waals surface area contributed by atoms with Crippen LogP contribution in [0, 0.1) is 6.92 Å². The summed E-state index contributed by atoms with van der Waals surface area (Å²) in [6, 6.07) is 10.8. The Hall–Kier alpha value is -2.69. The molecule has 0 saturated heterocycles. The molecule has 2 aromatic rings. The van der Waals surface area contributed by atoms with Crippen molar-refractivity contribution in [1.29, 1.82) is 0 Å². The summed E-state index contributed by atoms with van der Waals surface area (Å²) in [4.78, 5) is 28.6. The van der Waals surface area contributed by atoms with Crippen molar-refractivity contribution in [3.8, 4) is 0 Å². The number of aromatic nitrogens is 1. The number of aryl methyl sites for hydroxylation is 1. The molecule has 0 bridgehead atoms. The first-order chi connectivity index (χ1) is 10.0. The van der Waals surface area contributed by atoms with Crippen molar-refractivity contribution in [3.63, 3.8) is 0 Å². The fourth-order valence-electron chi connectivity index (χ4n) is 2.76. The Morgan fingerprint density at radius 3 is 2.76 bits per heavy atom. The fraction of sp³-hybridized carbons (Fsp3) is 0.188. The molecule has 0 fully saturated rings. The minimum Gasteiger partial charge on any atom is -0.367 e. The lowest BCUT2D eigenvalue weighted by Crippen LogP contribution is -2.52. The first-order valence-corrected chi connectivity index (χ1v) is 6.67. The highest BCUT2D eigenvalue weighted by Gasteiger charge is 2.48. The highest BCUT2D eigenvalue weighted by Crippen LogP contribution is 2.34. The van der Waals surface area contributed by atoms with E-state index < -0.39 is 11.4 Å². The van der Waals surface area contributed by atoms with Crippen LogP contribution in [0.3, 0.4) is 0 Å². The van der Waals surface area contributed by atoms with Gasteiger partial charge >= 0.3 is 0 Å². The number of nitrogens with two attached hydrogens (primary N) is 1. The summed E-state index contributed by atoms with van der Waals surface area (Å²) in [6.07, 6.45) is 1.91. The number of nitrogens with one attached hydrogen (secondary N) is 1. The highest BCUT2D eigenvalue weighted by molar-refractivity contribution is 6.06. The van der Waals surface area contributed by atoms with Crippen LogP contribution in [0.4, 0.5) is 0 Å². The van der Waals surface area contributed by atoms with Crippen LogP contribution in [0.2, 0.25) is 0 Å². The van der Waals surface area contributed by atoms with Crippen molar-refractivity contribution in [3.05, 3.63) is 65.0 Å². The second-order valence-electron chi connectivity index (χ2n) is 5.21. The molecule has 3 rings (SSSR count). The van der Waals surface area contributed by atoms with E-state index in [2.05, 4.69) is 10.3 Å². The van der Waals surface area contributed by atoms with Gasteiger partial charge in [0.2, 0.25) is 5.91 Å². The van der Waals surface area contributed by atoms with Crippen LogP contribution in [-0.2, 0) is 16.8 Å². The van der Waals surface area contributed by atoms with E-state index in [1.54, 1.807) is 30.5 Å². The standard InChI is InChI=1S/C16H15N3O2/c1-10-5-4-8-18-13(10)9-16(15(17)21)12-7-3-2-6-11(12)14(20)19-16/h2-8H,9H2,1H3,(H2,17,21)(H,19,20). The second-order valence-corrected chi connectivity index (χ2v) is 5.21. The number of amides is 2. The molecular formula is C16H15N3O2. The number of benzene rings is 1. The largest absolute Gasteiger partial charge is 0.367 e. The molecule has 1 aliphatic rings. The van der Waals surface area contributed by atoms with E-state index in [0.29, 0.717) is 11.1 Å². The van der Waals surface area contributed by atoms with E-state index in [9.17, 15) is 9.59 Å². The number of carbonyl (C=O) groups is 2. The Balaban J connectivity index is 2.14. The Morgan fingerprint density at radius 2 is 2.05 bits per heavy atom. The van der Waals surface area contributed by atoms with Gasteiger partial charge in [0.1, 0.15) is 0 Å². The lowest BCUT2D eigenvalue weighted by atomic mass is 9.84. The zero-order valence-electron chi connectivity index (χ0n) is 11.6. The van der Waals surface area contributed by atoms with Crippen LogP contribution in [0.25, 0.3) is 0 Å². The molecule has 0 aliphatic carbocycles. The normalized spacial score (nSPS) is 20.0. The van der Waals surface area contributed by atoms with Crippen molar-refractivity contribution in [2.24, 2.45) is 5.73 Å². The molecule has 1 aliphatic heterocycles. The van der Waals surface area contributed by atoms with Gasteiger partial charge in [-0.2, -0.15) is 0 Å². The number of carbonyl (C=O) groups excluding carboxylic acids is 2. The maximum Gasteiger partial charge on any atom is 0.252 e. The number of rotatable bonds is 3. The molecule has 0 spiro atoms. The lowest BCUT2D eigenvalue weighted by Gasteiger charge is -2.27. The molecule has 106 valence electrons. The van der Waals surface area contributed by atoms with Gasteiger partial charge in [0.05, 0.1) is 0 Å². The summed E-state index contributed by atoms with van der Waals surface area (Å²) >= 11 is 0. The number of pyridine rings is 1. The number of fused-ring (bicyclic) bond motifs is 1. The third-order valence-electron chi connectivity index (χ3n) is 3.93. The fourth-order valence-corrected chi connectivity index (χ4v) is 2.76. The molecule has 5 nitrogen and oxygen atoms in total. The van der Waals surface area contributed by atoms with Gasteiger partial charge < -0.3 is 11.1 Å². The zero-order valence-corrected chi connectivity index (χ0v) is 11.6. The predicted octanol–water partition coefficient (Wildman–Crippen LogP) is 1.06. The molecule has 0 radical (unpaired) electrons. The first-order valence-electron chi connectivity index (χ1n) is 6.67. The van der Waals surface area contributed by atoms with E-state index >= 15 is 0 Å². The van der Waals surface area contributed by atoms with E-state index in [-0.39, 0.29) is 12.3 Å². The lowest BCUT2D eigenvalue weighted by molar-refractivity contribution is -0.124. The minimum atomic E-state index is -1.23. The first kappa shape index (κ1) is 13.3. The maximum atomic E-state index is 12.1. The summed E-state index contributed by atoms with van der Waals surface area (Å²) in [5.74, 6) is -0.858. The Morgan fingerprint density at radius 1 is 1.29 bits per heavy atom. The SMILES string of the molecule is Cc1cccnc1CC1(C(N)=O)NC(=O)c2ccccc21. The van der Waals surface area contributed by atoms with Crippen LogP contribution in [0.1, 0.15) is 27.2 Å². The molecular weight excluding hydrogens is 266 g/mol. The van der Waals surface area contributed by atoms with Gasteiger partial charge in [-0.05, 0) is 24.6 Å². The average molecular weight is 281 g/mol. The molecule has 1 atom stereocenters. The monoisotopic (exact) mass is 281 g/mol. The van der Waals surface area contributed by atoms with Gasteiger partial charge in [-0.15, -0.1) is 0 Å². The summed E-state index contributed by atoms with van der Waals surface area (Å²) in [7, 11) is 0. The second kappa shape index (κ2) is 4.70. The van der Waals surface area contributed by atoms with Gasteiger partial charge in [0.15, 0.2) is 5.54 Å². The van der Waals surface area contributed by atoms with Crippen molar-refractivity contribution in [2.75, 3.05) is 0 Å². The topological polar surface area (TPSA) is 85.1 Å². The summed E-state index contributed by atoms with van der Waals surface area (Å²) < 4.78 is 0. The maximum absolute atomic E-state index is 12.1. The predicted molar refractivity (Wildman–Crippen MR) is 77.5 cm³/mol. The Labute approximate surface area is 122 Å². The number of hydrogen-bond acceptors (Lipinski definition) is 3. The molecule has 0 saturated carbocycles. The molecule has 2 amide bonds. The van der Waals surface area contributed by atoms with Gasteiger partial charge in [-0.1, -0.05) is 24.3 Å². The molecule has 1 aromatic heterocycles. The Bertz CT molecular complexity index is 742. The summed E-state index contributed by atoms with van der Waals surface area (Å²) in [5, 5.41) is 2.75. The van der Waals surface area contributed by atoms with Crippen LogP contribution in [-0.4, -0.2) is 16.8 Å². The minimum absolute atomic E-state index is 0.248. The highest BCUT2D eigenvalue weighted by atomic mass is 16.2.